The molecule has 6 heteroatoms. The van der Waals surface area contributed by atoms with Crippen molar-refractivity contribution in [2.24, 2.45) is 0 Å². The van der Waals surface area contributed by atoms with Gasteiger partial charge in [-0.3, -0.25) is 4.79 Å². The van der Waals surface area contributed by atoms with Gasteiger partial charge in [-0.15, -0.1) is 0 Å². The standard InChI is InChI=1S/C22H21N3O3/c1-15-4-2-3-5-18(15)13-24-21-11-17(8-9-23-21)22(26)25-12-16-6-7-19-20(10-16)28-14-27-19/h2-11H,12-14H2,1H3,(H,23,24)(H,25,26). The van der Waals surface area contributed by atoms with Gasteiger partial charge in [-0.25, -0.2) is 4.98 Å². The highest BCUT2D eigenvalue weighted by Gasteiger charge is 2.14. The largest absolute Gasteiger partial charge is 0.454 e. The fourth-order valence-electron chi connectivity index (χ4n) is 3.00. The molecule has 1 amide bonds. The molecule has 0 bridgehead atoms. The number of aromatic nitrogens is 1. The predicted octanol–water partition coefficient (Wildman–Crippen LogP) is 3.66. The van der Waals surface area contributed by atoms with Crippen molar-refractivity contribution in [3.63, 3.8) is 0 Å². The molecule has 2 aromatic carbocycles. The Balaban J connectivity index is 1.37. The number of nitrogens with zero attached hydrogens (tertiary/aromatic N) is 1. The first-order valence-electron chi connectivity index (χ1n) is 9.10. The molecule has 0 saturated carbocycles. The summed E-state index contributed by atoms with van der Waals surface area (Å²) >= 11 is 0. The van der Waals surface area contributed by atoms with Gasteiger partial charge in [0.05, 0.1) is 0 Å². The predicted molar refractivity (Wildman–Crippen MR) is 106 cm³/mol. The smallest absolute Gasteiger partial charge is 0.251 e. The van der Waals surface area contributed by atoms with Crippen molar-refractivity contribution >= 4 is 11.7 Å². The van der Waals surface area contributed by atoms with Crippen molar-refractivity contribution in [2.75, 3.05) is 12.1 Å². The summed E-state index contributed by atoms with van der Waals surface area (Å²) in [7, 11) is 0. The summed E-state index contributed by atoms with van der Waals surface area (Å²) in [5.74, 6) is 1.95. The van der Waals surface area contributed by atoms with Gasteiger partial charge in [0, 0.05) is 24.8 Å². The molecule has 0 unspecified atom stereocenters. The van der Waals surface area contributed by atoms with E-state index in [-0.39, 0.29) is 12.7 Å². The van der Waals surface area contributed by atoms with Gasteiger partial charge in [0.2, 0.25) is 6.79 Å². The lowest BCUT2D eigenvalue weighted by Gasteiger charge is -2.10. The van der Waals surface area contributed by atoms with Crippen molar-refractivity contribution in [3.05, 3.63) is 83.0 Å². The van der Waals surface area contributed by atoms with E-state index in [0.29, 0.717) is 30.2 Å². The molecule has 6 nitrogen and oxygen atoms in total. The van der Waals surface area contributed by atoms with Crippen LogP contribution in [0.3, 0.4) is 0 Å². The topological polar surface area (TPSA) is 72.5 Å². The van der Waals surface area contributed by atoms with E-state index in [9.17, 15) is 4.79 Å². The minimum absolute atomic E-state index is 0.154. The Bertz CT molecular complexity index is 1000. The van der Waals surface area contributed by atoms with E-state index in [4.69, 9.17) is 9.47 Å². The number of pyridine rings is 1. The molecule has 1 aliphatic heterocycles. The molecule has 1 aliphatic rings. The van der Waals surface area contributed by atoms with Crippen LogP contribution in [0.2, 0.25) is 0 Å². The second kappa shape index (κ2) is 8.00. The van der Waals surface area contributed by atoms with Crippen molar-refractivity contribution in [1.82, 2.24) is 10.3 Å². The van der Waals surface area contributed by atoms with Gasteiger partial charge >= 0.3 is 0 Å². The molecule has 0 fully saturated rings. The van der Waals surface area contributed by atoms with Crippen molar-refractivity contribution in [2.45, 2.75) is 20.0 Å². The quantitative estimate of drug-likeness (QED) is 0.688. The number of hydrogen-bond donors (Lipinski definition) is 2. The summed E-state index contributed by atoms with van der Waals surface area (Å²) in [4.78, 5) is 16.8. The van der Waals surface area contributed by atoms with E-state index >= 15 is 0 Å². The molecule has 0 aliphatic carbocycles. The van der Waals surface area contributed by atoms with E-state index in [1.165, 1.54) is 11.1 Å². The van der Waals surface area contributed by atoms with Crippen LogP contribution in [0, 0.1) is 6.92 Å². The molecule has 2 N–H and O–H groups in total. The number of hydrogen-bond acceptors (Lipinski definition) is 5. The zero-order chi connectivity index (χ0) is 19.3. The Kier molecular flexibility index (Phi) is 5.10. The summed E-state index contributed by atoms with van der Waals surface area (Å²) in [6.45, 7) is 3.37. The summed E-state index contributed by atoms with van der Waals surface area (Å²) in [6.07, 6.45) is 1.63. The van der Waals surface area contributed by atoms with E-state index in [1.54, 1.807) is 18.3 Å². The zero-order valence-corrected chi connectivity index (χ0v) is 15.6. The van der Waals surface area contributed by atoms with Crippen LogP contribution in [0.5, 0.6) is 11.5 Å². The van der Waals surface area contributed by atoms with Crippen LogP contribution in [-0.2, 0) is 13.1 Å². The third-order valence-electron chi connectivity index (χ3n) is 4.63. The Morgan fingerprint density at radius 2 is 1.89 bits per heavy atom. The molecule has 3 aromatic rings. The first-order chi connectivity index (χ1) is 13.7. The fourth-order valence-corrected chi connectivity index (χ4v) is 3.00. The molecule has 142 valence electrons. The second-order valence-electron chi connectivity index (χ2n) is 6.58. The molecule has 0 spiro atoms. The van der Waals surface area contributed by atoms with Gasteiger partial charge in [-0.1, -0.05) is 30.3 Å². The van der Waals surface area contributed by atoms with E-state index in [2.05, 4.69) is 34.7 Å². The number of carbonyl (C=O) groups excluding carboxylic acids is 1. The number of rotatable bonds is 6. The Morgan fingerprint density at radius 3 is 2.79 bits per heavy atom. The molecule has 0 saturated heterocycles. The number of anilines is 1. The molecule has 1 aromatic heterocycles. The van der Waals surface area contributed by atoms with Crippen LogP contribution in [0.1, 0.15) is 27.0 Å². The van der Waals surface area contributed by atoms with Gasteiger partial charge in [0.25, 0.3) is 5.91 Å². The molecular weight excluding hydrogens is 354 g/mol. The lowest BCUT2D eigenvalue weighted by molar-refractivity contribution is 0.0950. The monoisotopic (exact) mass is 375 g/mol. The summed E-state index contributed by atoms with van der Waals surface area (Å²) in [5.41, 5.74) is 3.92. The molecule has 0 atom stereocenters. The highest BCUT2D eigenvalue weighted by atomic mass is 16.7. The number of ether oxygens (including phenoxy) is 2. The van der Waals surface area contributed by atoms with Crippen LogP contribution in [0.25, 0.3) is 0 Å². The summed E-state index contributed by atoms with van der Waals surface area (Å²) in [6, 6.07) is 17.3. The highest BCUT2D eigenvalue weighted by molar-refractivity contribution is 5.94. The molecule has 2 heterocycles. The molecular formula is C22H21N3O3. The van der Waals surface area contributed by atoms with Crippen LogP contribution in [-0.4, -0.2) is 17.7 Å². The fraction of sp³-hybridized carbons (Fsp3) is 0.182. The SMILES string of the molecule is Cc1ccccc1CNc1cc(C(=O)NCc2ccc3c(c2)OCO3)ccn1. The minimum Gasteiger partial charge on any atom is -0.454 e. The van der Waals surface area contributed by atoms with Crippen LogP contribution in [0.15, 0.2) is 60.8 Å². The first kappa shape index (κ1) is 17.9. The van der Waals surface area contributed by atoms with Crippen LogP contribution in [0.4, 0.5) is 5.82 Å². The van der Waals surface area contributed by atoms with Crippen LogP contribution >= 0.6 is 0 Å². The Labute approximate surface area is 163 Å². The van der Waals surface area contributed by atoms with E-state index < -0.39 is 0 Å². The third kappa shape index (κ3) is 4.06. The molecule has 0 radical (unpaired) electrons. The lowest BCUT2D eigenvalue weighted by Crippen LogP contribution is -2.23. The lowest BCUT2D eigenvalue weighted by atomic mass is 10.1. The number of amides is 1. The number of carbonyl (C=O) groups is 1. The number of benzene rings is 2. The van der Waals surface area contributed by atoms with Crippen molar-refractivity contribution in [3.8, 4) is 11.5 Å². The van der Waals surface area contributed by atoms with Crippen LogP contribution < -0.4 is 20.1 Å². The normalized spacial score (nSPS) is 11.9. The number of aryl methyl sites for hydroxylation is 1. The van der Waals surface area contributed by atoms with Crippen molar-refractivity contribution < 1.29 is 14.3 Å². The number of nitrogens with one attached hydrogen (secondary N) is 2. The highest BCUT2D eigenvalue weighted by Crippen LogP contribution is 2.32. The maximum atomic E-state index is 12.5. The van der Waals surface area contributed by atoms with E-state index in [1.807, 2.05) is 30.3 Å². The van der Waals surface area contributed by atoms with Gasteiger partial charge in [-0.2, -0.15) is 0 Å². The summed E-state index contributed by atoms with van der Waals surface area (Å²) in [5, 5.41) is 6.20. The van der Waals surface area contributed by atoms with E-state index in [0.717, 1.165) is 11.3 Å². The second-order valence-corrected chi connectivity index (χ2v) is 6.58. The average Bonchev–Trinajstić information content (AvgIpc) is 3.19. The Hall–Kier alpha value is -3.54. The van der Waals surface area contributed by atoms with Crippen molar-refractivity contribution in [1.29, 1.82) is 0 Å². The minimum atomic E-state index is -0.154. The zero-order valence-electron chi connectivity index (χ0n) is 15.6. The summed E-state index contributed by atoms with van der Waals surface area (Å²) < 4.78 is 10.7. The molecule has 4 rings (SSSR count). The van der Waals surface area contributed by atoms with Gasteiger partial charge in [0.1, 0.15) is 5.82 Å². The maximum absolute atomic E-state index is 12.5. The average molecular weight is 375 g/mol. The van der Waals surface area contributed by atoms with Gasteiger partial charge < -0.3 is 20.1 Å². The Morgan fingerprint density at radius 1 is 1.04 bits per heavy atom. The van der Waals surface area contributed by atoms with Gasteiger partial charge in [0.15, 0.2) is 11.5 Å². The third-order valence-corrected chi connectivity index (χ3v) is 4.63. The number of fused-ring (bicyclic) bond motifs is 1. The molecule has 28 heavy (non-hydrogen) atoms. The first-order valence-corrected chi connectivity index (χ1v) is 9.10. The van der Waals surface area contributed by atoms with Gasteiger partial charge in [-0.05, 0) is 47.9 Å². The maximum Gasteiger partial charge on any atom is 0.251 e.